The van der Waals surface area contributed by atoms with Gasteiger partial charge in [-0.15, -0.1) is 0 Å². The van der Waals surface area contributed by atoms with Crippen LogP contribution in [0.2, 0.25) is 0 Å². The van der Waals surface area contributed by atoms with Crippen molar-refractivity contribution in [1.29, 1.82) is 0 Å². The Labute approximate surface area is 108 Å². The fourth-order valence-electron chi connectivity index (χ4n) is 2.80. The molecule has 1 atom stereocenters. The number of pyridine rings is 1. The van der Waals surface area contributed by atoms with Gasteiger partial charge in [-0.2, -0.15) is 0 Å². The Morgan fingerprint density at radius 3 is 2.72 bits per heavy atom. The van der Waals surface area contributed by atoms with Gasteiger partial charge in [0, 0.05) is 25.0 Å². The Bertz CT molecular complexity index is 548. The Hall–Kier alpha value is -1.67. The van der Waals surface area contributed by atoms with Crippen LogP contribution < -0.4 is 0 Å². The predicted molar refractivity (Wildman–Crippen MR) is 74.4 cm³/mol. The third kappa shape index (κ3) is 1.83. The molecule has 3 rings (SSSR count). The van der Waals surface area contributed by atoms with Gasteiger partial charge in [0.25, 0.3) is 0 Å². The molecule has 1 unspecified atom stereocenters. The second-order valence-corrected chi connectivity index (χ2v) is 5.02. The van der Waals surface area contributed by atoms with Crippen LogP contribution in [0, 0.1) is 0 Å². The topological polar surface area (TPSA) is 16.1 Å². The van der Waals surface area contributed by atoms with Crippen LogP contribution in [0.1, 0.15) is 24.1 Å². The number of fused-ring (bicyclic) bond motifs is 1. The van der Waals surface area contributed by atoms with Gasteiger partial charge in [-0.25, -0.2) is 0 Å². The fourth-order valence-corrected chi connectivity index (χ4v) is 2.80. The van der Waals surface area contributed by atoms with Crippen molar-refractivity contribution in [2.75, 3.05) is 13.6 Å². The van der Waals surface area contributed by atoms with Crippen molar-refractivity contribution in [2.45, 2.75) is 19.4 Å². The van der Waals surface area contributed by atoms with E-state index in [4.69, 9.17) is 0 Å². The monoisotopic (exact) mass is 238 g/mol. The van der Waals surface area contributed by atoms with Gasteiger partial charge in [-0.1, -0.05) is 18.2 Å². The number of rotatable bonds is 1. The zero-order valence-corrected chi connectivity index (χ0v) is 10.9. The first-order valence-corrected chi connectivity index (χ1v) is 6.50. The van der Waals surface area contributed by atoms with Crippen LogP contribution in [0.4, 0.5) is 0 Å². The van der Waals surface area contributed by atoms with E-state index in [1.807, 2.05) is 12.4 Å². The maximum absolute atomic E-state index is 4.10. The molecule has 1 aliphatic heterocycles. The van der Waals surface area contributed by atoms with Crippen molar-refractivity contribution in [3.63, 3.8) is 0 Å². The summed E-state index contributed by atoms with van der Waals surface area (Å²) in [6.45, 7) is 3.42. The summed E-state index contributed by atoms with van der Waals surface area (Å²) in [6, 6.07) is 11.4. The maximum Gasteiger partial charge on any atom is 0.0319 e. The van der Waals surface area contributed by atoms with Crippen molar-refractivity contribution >= 4 is 0 Å². The summed E-state index contributed by atoms with van der Waals surface area (Å²) in [7, 11) is 2.20. The zero-order chi connectivity index (χ0) is 12.5. The molecule has 2 heterocycles. The minimum atomic E-state index is 0.510. The molecule has 92 valence electrons. The van der Waals surface area contributed by atoms with Crippen molar-refractivity contribution in [1.82, 2.24) is 9.88 Å². The van der Waals surface area contributed by atoms with Crippen LogP contribution in [0.3, 0.4) is 0 Å². The van der Waals surface area contributed by atoms with E-state index in [-0.39, 0.29) is 0 Å². The van der Waals surface area contributed by atoms with Gasteiger partial charge in [-0.05, 0) is 54.8 Å². The molecule has 0 bridgehead atoms. The summed E-state index contributed by atoms with van der Waals surface area (Å²) in [4.78, 5) is 6.52. The third-order valence-electron chi connectivity index (χ3n) is 4.03. The van der Waals surface area contributed by atoms with E-state index in [0.717, 1.165) is 13.0 Å². The molecule has 0 saturated carbocycles. The van der Waals surface area contributed by atoms with Crippen molar-refractivity contribution < 1.29 is 0 Å². The second kappa shape index (κ2) is 4.54. The van der Waals surface area contributed by atoms with Gasteiger partial charge in [0.2, 0.25) is 0 Å². The number of aromatic nitrogens is 1. The van der Waals surface area contributed by atoms with E-state index >= 15 is 0 Å². The molecule has 0 amide bonds. The quantitative estimate of drug-likeness (QED) is 0.758. The zero-order valence-electron chi connectivity index (χ0n) is 10.9. The van der Waals surface area contributed by atoms with Gasteiger partial charge < -0.3 is 0 Å². The van der Waals surface area contributed by atoms with Crippen LogP contribution >= 0.6 is 0 Å². The van der Waals surface area contributed by atoms with Crippen molar-refractivity contribution in [2.24, 2.45) is 0 Å². The maximum atomic E-state index is 4.10. The minimum absolute atomic E-state index is 0.510. The number of benzene rings is 1. The Morgan fingerprint density at radius 1 is 1.17 bits per heavy atom. The summed E-state index contributed by atoms with van der Waals surface area (Å²) in [5, 5.41) is 0. The third-order valence-corrected chi connectivity index (χ3v) is 4.03. The first-order chi connectivity index (χ1) is 8.77. The van der Waals surface area contributed by atoms with Gasteiger partial charge in [-0.3, -0.25) is 9.88 Å². The summed E-state index contributed by atoms with van der Waals surface area (Å²) in [5.41, 5.74) is 5.63. The molecule has 2 heteroatoms. The lowest BCUT2D eigenvalue weighted by atomic mass is 9.88. The highest BCUT2D eigenvalue weighted by molar-refractivity contribution is 5.69. The van der Waals surface area contributed by atoms with Crippen molar-refractivity contribution in [3.05, 3.63) is 53.9 Å². The van der Waals surface area contributed by atoms with Crippen LogP contribution in [0.25, 0.3) is 11.1 Å². The summed E-state index contributed by atoms with van der Waals surface area (Å²) in [5.74, 6) is 0. The Balaban J connectivity index is 2.14. The molecule has 18 heavy (non-hydrogen) atoms. The number of hydrogen-bond donors (Lipinski definition) is 0. The van der Waals surface area contributed by atoms with Crippen LogP contribution in [-0.4, -0.2) is 23.5 Å². The molecule has 0 aliphatic carbocycles. The molecule has 1 aromatic heterocycles. The molecular weight excluding hydrogens is 220 g/mol. The van der Waals surface area contributed by atoms with E-state index in [2.05, 4.69) is 54.2 Å². The Morgan fingerprint density at radius 2 is 1.94 bits per heavy atom. The van der Waals surface area contributed by atoms with Crippen LogP contribution in [0.15, 0.2) is 42.7 Å². The average molecular weight is 238 g/mol. The van der Waals surface area contributed by atoms with Gasteiger partial charge in [0.05, 0.1) is 0 Å². The van der Waals surface area contributed by atoms with Crippen LogP contribution in [-0.2, 0) is 6.42 Å². The van der Waals surface area contributed by atoms with Gasteiger partial charge >= 0.3 is 0 Å². The first-order valence-electron chi connectivity index (χ1n) is 6.50. The molecule has 0 N–H and O–H groups in total. The highest BCUT2D eigenvalue weighted by Gasteiger charge is 2.22. The first kappa shape index (κ1) is 11.4. The summed E-state index contributed by atoms with van der Waals surface area (Å²) >= 11 is 0. The number of hydrogen-bond acceptors (Lipinski definition) is 2. The van der Waals surface area contributed by atoms with E-state index in [0.29, 0.717) is 6.04 Å². The average Bonchev–Trinajstić information content (AvgIpc) is 2.43. The number of nitrogens with zero attached hydrogens (tertiary/aromatic N) is 2. The second-order valence-electron chi connectivity index (χ2n) is 5.02. The van der Waals surface area contributed by atoms with Crippen molar-refractivity contribution in [3.8, 4) is 11.1 Å². The van der Waals surface area contributed by atoms with E-state index in [9.17, 15) is 0 Å². The highest BCUT2D eigenvalue weighted by Crippen LogP contribution is 2.34. The smallest absolute Gasteiger partial charge is 0.0319 e. The summed E-state index contributed by atoms with van der Waals surface area (Å²) in [6.07, 6.45) is 4.87. The molecular formula is C16H18N2. The minimum Gasteiger partial charge on any atom is -0.299 e. The summed E-state index contributed by atoms with van der Waals surface area (Å²) < 4.78 is 0. The predicted octanol–water partition coefficient (Wildman–Crippen LogP) is 3.30. The van der Waals surface area contributed by atoms with Gasteiger partial charge in [0.15, 0.2) is 0 Å². The molecule has 2 aromatic rings. The number of likely N-dealkylation sites (N-methyl/N-ethyl adjacent to an activating group) is 1. The lowest BCUT2D eigenvalue weighted by Crippen LogP contribution is -2.30. The van der Waals surface area contributed by atoms with Crippen LogP contribution in [0.5, 0.6) is 0 Å². The molecule has 1 aliphatic rings. The molecule has 0 spiro atoms. The molecule has 0 saturated heterocycles. The fraction of sp³-hybridized carbons (Fsp3) is 0.312. The Kier molecular flexibility index (Phi) is 2.88. The SMILES string of the molecule is CC1c2cccc(-c3ccncc3)c2CCN1C. The molecule has 0 radical (unpaired) electrons. The highest BCUT2D eigenvalue weighted by atomic mass is 15.1. The molecule has 2 nitrogen and oxygen atoms in total. The normalized spacial score (nSPS) is 19.6. The lowest BCUT2D eigenvalue weighted by molar-refractivity contribution is 0.248. The van der Waals surface area contributed by atoms with E-state index < -0.39 is 0 Å². The van der Waals surface area contributed by atoms with Gasteiger partial charge in [0.1, 0.15) is 0 Å². The van der Waals surface area contributed by atoms with E-state index in [1.165, 1.54) is 22.3 Å². The lowest BCUT2D eigenvalue weighted by Gasteiger charge is -2.33. The molecule has 1 aromatic carbocycles. The standard InChI is InChI=1S/C16H18N2/c1-12-14-4-3-5-15(13-6-9-17-10-7-13)16(14)8-11-18(12)2/h3-7,9-10,12H,8,11H2,1-2H3. The largest absolute Gasteiger partial charge is 0.299 e. The van der Waals surface area contributed by atoms with E-state index in [1.54, 1.807) is 0 Å². The molecule has 0 fully saturated rings.